The zero-order valence-electron chi connectivity index (χ0n) is 15.6. The number of hydrogen-bond acceptors (Lipinski definition) is 4. The lowest BCUT2D eigenvalue weighted by Crippen LogP contribution is -2.48. The Morgan fingerprint density at radius 3 is 2.25 bits per heavy atom. The molecule has 24 heavy (non-hydrogen) atoms. The summed E-state index contributed by atoms with van der Waals surface area (Å²) in [6, 6.07) is 9.25. The third-order valence-corrected chi connectivity index (χ3v) is 3.71. The molecular weight excluding hydrogens is 306 g/mol. The first-order valence-corrected chi connectivity index (χ1v) is 8.43. The van der Waals surface area contributed by atoms with E-state index in [2.05, 4.69) is 5.32 Å². The molecule has 1 rings (SSSR count). The fourth-order valence-electron chi connectivity index (χ4n) is 2.45. The van der Waals surface area contributed by atoms with Gasteiger partial charge in [0.1, 0.15) is 6.61 Å². The van der Waals surface area contributed by atoms with E-state index in [0.717, 1.165) is 5.56 Å². The van der Waals surface area contributed by atoms with Crippen LogP contribution in [0.25, 0.3) is 0 Å². The first-order valence-electron chi connectivity index (χ1n) is 8.43. The summed E-state index contributed by atoms with van der Waals surface area (Å²) in [6.07, 6.45) is -1.46. The maximum atomic E-state index is 12.1. The van der Waals surface area contributed by atoms with Crippen LogP contribution < -0.4 is 5.32 Å². The molecule has 136 valence electrons. The first-order chi connectivity index (χ1) is 11.1. The van der Waals surface area contributed by atoms with E-state index in [9.17, 15) is 9.90 Å². The Labute approximate surface area is 145 Å². The maximum absolute atomic E-state index is 12.1. The number of aliphatic hydroxyl groups is 1. The number of benzene rings is 1. The van der Waals surface area contributed by atoms with Gasteiger partial charge in [0.15, 0.2) is 6.29 Å². The van der Waals surface area contributed by atoms with E-state index in [0.29, 0.717) is 0 Å². The molecule has 2 N–H and O–H groups in total. The number of carbonyl (C=O) groups excluding carboxylic acids is 1. The van der Waals surface area contributed by atoms with Crippen LogP contribution in [-0.4, -0.2) is 29.1 Å². The van der Waals surface area contributed by atoms with Crippen molar-refractivity contribution < 1.29 is 19.4 Å². The van der Waals surface area contributed by atoms with E-state index in [-0.39, 0.29) is 24.5 Å². The number of ether oxygens (including phenoxy) is 2. The minimum absolute atomic E-state index is 0.127. The number of alkyl carbamates (subject to hydrolysis) is 1. The van der Waals surface area contributed by atoms with Crippen molar-refractivity contribution in [3.05, 3.63) is 35.9 Å². The Balaban J connectivity index is 2.59. The fraction of sp³-hybridized carbons (Fsp3) is 0.632. The molecule has 3 atom stereocenters. The quantitative estimate of drug-likeness (QED) is 0.744. The van der Waals surface area contributed by atoms with E-state index in [1.165, 1.54) is 0 Å². The molecule has 0 bridgehead atoms. The Bertz CT molecular complexity index is 496. The van der Waals surface area contributed by atoms with Crippen LogP contribution in [0, 0.1) is 11.8 Å². The maximum Gasteiger partial charge on any atom is 0.407 e. The molecule has 0 radical (unpaired) electrons. The summed E-state index contributed by atoms with van der Waals surface area (Å²) in [5.74, 6) is -0.143. The third kappa shape index (κ3) is 7.32. The van der Waals surface area contributed by atoms with Crippen molar-refractivity contribution in [2.24, 2.45) is 11.8 Å². The van der Waals surface area contributed by atoms with Gasteiger partial charge < -0.3 is 19.9 Å². The molecule has 0 aromatic heterocycles. The van der Waals surface area contributed by atoms with Crippen molar-refractivity contribution in [3.63, 3.8) is 0 Å². The average Bonchev–Trinajstić information content (AvgIpc) is 2.49. The predicted molar refractivity (Wildman–Crippen MR) is 94.4 cm³/mol. The van der Waals surface area contributed by atoms with Gasteiger partial charge in [-0.25, -0.2) is 4.79 Å². The van der Waals surface area contributed by atoms with Crippen molar-refractivity contribution >= 4 is 6.09 Å². The lowest BCUT2D eigenvalue weighted by molar-refractivity contribution is -0.194. The second kappa shape index (κ2) is 9.04. The smallest absolute Gasteiger partial charge is 0.407 e. The van der Waals surface area contributed by atoms with Crippen molar-refractivity contribution in [1.82, 2.24) is 5.32 Å². The van der Waals surface area contributed by atoms with Gasteiger partial charge in [0.05, 0.1) is 5.60 Å². The fourth-order valence-corrected chi connectivity index (χ4v) is 2.45. The standard InChI is InChI=1S/C19H31NO4/c1-13(2)16(14(3)17(21)24-19(4,5)6)20-18(22)23-12-15-10-8-7-9-11-15/h7-11,13-14,16-17,21H,12H2,1-6H3,(H,20,22). The summed E-state index contributed by atoms with van der Waals surface area (Å²) >= 11 is 0. The van der Waals surface area contributed by atoms with Crippen LogP contribution in [0.15, 0.2) is 30.3 Å². The van der Waals surface area contributed by atoms with Gasteiger partial charge in [0, 0.05) is 12.0 Å². The van der Waals surface area contributed by atoms with E-state index < -0.39 is 18.0 Å². The molecule has 0 saturated carbocycles. The van der Waals surface area contributed by atoms with Gasteiger partial charge in [-0.2, -0.15) is 0 Å². The predicted octanol–water partition coefficient (Wildman–Crippen LogP) is 3.71. The van der Waals surface area contributed by atoms with E-state index in [1.807, 2.05) is 71.9 Å². The Morgan fingerprint density at radius 1 is 1.17 bits per heavy atom. The topological polar surface area (TPSA) is 67.8 Å². The Kier molecular flexibility index (Phi) is 7.70. The normalized spacial score (nSPS) is 15.7. The zero-order valence-corrected chi connectivity index (χ0v) is 15.6. The minimum atomic E-state index is -0.966. The highest BCUT2D eigenvalue weighted by atomic mass is 16.6. The number of rotatable bonds is 7. The largest absolute Gasteiger partial charge is 0.445 e. The van der Waals surface area contributed by atoms with Crippen molar-refractivity contribution in [2.75, 3.05) is 0 Å². The van der Waals surface area contributed by atoms with E-state index >= 15 is 0 Å². The Hall–Kier alpha value is -1.59. The van der Waals surface area contributed by atoms with Crippen LogP contribution >= 0.6 is 0 Å². The van der Waals surface area contributed by atoms with Crippen LogP contribution in [-0.2, 0) is 16.1 Å². The molecule has 3 unspecified atom stereocenters. The molecule has 1 aromatic rings. The van der Waals surface area contributed by atoms with Crippen LogP contribution in [0.5, 0.6) is 0 Å². The summed E-state index contributed by atoms with van der Waals surface area (Å²) in [4.78, 5) is 12.1. The minimum Gasteiger partial charge on any atom is -0.445 e. The van der Waals surface area contributed by atoms with Gasteiger partial charge in [-0.15, -0.1) is 0 Å². The van der Waals surface area contributed by atoms with Crippen LogP contribution in [0.2, 0.25) is 0 Å². The van der Waals surface area contributed by atoms with Crippen molar-refractivity contribution in [3.8, 4) is 0 Å². The molecule has 5 nitrogen and oxygen atoms in total. The van der Waals surface area contributed by atoms with Crippen LogP contribution in [0.1, 0.15) is 47.1 Å². The molecule has 0 heterocycles. The monoisotopic (exact) mass is 337 g/mol. The average molecular weight is 337 g/mol. The lowest BCUT2D eigenvalue weighted by Gasteiger charge is -2.34. The second-order valence-corrected chi connectivity index (χ2v) is 7.46. The van der Waals surface area contributed by atoms with Crippen molar-refractivity contribution in [1.29, 1.82) is 0 Å². The van der Waals surface area contributed by atoms with Gasteiger partial charge in [-0.05, 0) is 32.3 Å². The summed E-state index contributed by atoms with van der Waals surface area (Å²) < 4.78 is 10.9. The first kappa shape index (κ1) is 20.5. The van der Waals surface area contributed by atoms with E-state index in [4.69, 9.17) is 9.47 Å². The van der Waals surface area contributed by atoms with Crippen molar-refractivity contribution in [2.45, 2.75) is 66.1 Å². The molecular formula is C19H31NO4. The number of nitrogens with one attached hydrogen (secondary N) is 1. The number of aliphatic hydroxyl groups excluding tert-OH is 1. The molecule has 0 saturated heterocycles. The summed E-state index contributed by atoms with van der Waals surface area (Å²) in [5.41, 5.74) is 0.473. The molecule has 0 spiro atoms. The second-order valence-electron chi connectivity index (χ2n) is 7.46. The number of hydrogen-bond donors (Lipinski definition) is 2. The molecule has 1 amide bonds. The van der Waals surface area contributed by atoms with Crippen LogP contribution in [0.3, 0.4) is 0 Å². The number of amides is 1. The van der Waals surface area contributed by atoms with Gasteiger partial charge in [0.2, 0.25) is 0 Å². The molecule has 5 heteroatoms. The van der Waals surface area contributed by atoms with Crippen LogP contribution in [0.4, 0.5) is 4.79 Å². The highest BCUT2D eigenvalue weighted by molar-refractivity contribution is 5.67. The summed E-state index contributed by atoms with van der Waals surface area (Å²) in [5, 5.41) is 13.1. The van der Waals surface area contributed by atoms with Gasteiger partial charge in [-0.1, -0.05) is 51.1 Å². The highest BCUT2D eigenvalue weighted by Gasteiger charge is 2.31. The molecule has 0 aliphatic carbocycles. The third-order valence-electron chi connectivity index (χ3n) is 3.71. The van der Waals surface area contributed by atoms with Gasteiger partial charge in [0.25, 0.3) is 0 Å². The SMILES string of the molecule is CC(C)C(NC(=O)OCc1ccccc1)C(C)C(O)OC(C)(C)C. The van der Waals surface area contributed by atoms with E-state index in [1.54, 1.807) is 0 Å². The highest BCUT2D eigenvalue weighted by Crippen LogP contribution is 2.21. The molecule has 0 aliphatic rings. The Morgan fingerprint density at radius 2 is 1.75 bits per heavy atom. The lowest BCUT2D eigenvalue weighted by atomic mass is 9.91. The zero-order chi connectivity index (χ0) is 18.3. The van der Waals surface area contributed by atoms with Gasteiger partial charge >= 0.3 is 6.09 Å². The molecule has 0 fully saturated rings. The summed E-state index contributed by atoms with van der Waals surface area (Å²) in [6.45, 7) is 11.7. The molecule has 0 aliphatic heterocycles. The number of carbonyl (C=O) groups is 1. The summed E-state index contributed by atoms with van der Waals surface area (Å²) in [7, 11) is 0. The molecule has 1 aromatic carbocycles. The van der Waals surface area contributed by atoms with Gasteiger partial charge in [-0.3, -0.25) is 0 Å².